The van der Waals surface area contributed by atoms with Crippen molar-refractivity contribution in [2.24, 2.45) is 0 Å². The van der Waals surface area contributed by atoms with Crippen LogP contribution in [-0.2, 0) is 21.2 Å². The van der Waals surface area contributed by atoms with E-state index in [4.69, 9.17) is 12.2 Å². The summed E-state index contributed by atoms with van der Waals surface area (Å²) in [5, 5.41) is 5.11. The van der Waals surface area contributed by atoms with Crippen molar-refractivity contribution in [2.75, 3.05) is 12.8 Å². The Kier molecular flexibility index (Phi) is 6.29. The predicted molar refractivity (Wildman–Crippen MR) is 113 cm³/mol. The van der Waals surface area contributed by atoms with Gasteiger partial charge in [-0.2, -0.15) is 0 Å². The minimum Gasteiger partial charge on any atom is -0.376 e. The lowest BCUT2D eigenvalue weighted by Crippen LogP contribution is -2.24. The van der Waals surface area contributed by atoms with Gasteiger partial charge in [-0.3, -0.25) is 4.79 Å². The zero-order valence-corrected chi connectivity index (χ0v) is 17.6. The highest BCUT2D eigenvalue weighted by Crippen LogP contribution is 2.25. The molecule has 0 aromatic carbocycles. The van der Waals surface area contributed by atoms with Gasteiger partial charge in [-0.25, -0.2) is 18.4 Å². The molecule has 0 fully saturated rings. The fraction of sp³-hybridized carbons (Fsp3) is 0.333. The summed E-state index contributed by atoms with van der Waals surface area (Å²) in [6.45, 7) is 1.28. The molecule has 0 bridgehead atoms. The maximum atomic E-state index is 11.7. The van der Waals surface area contributed by atoms with Crippen LogP contribution in [0.2, 0.25) is 0 Å². The highest BCUT2D eigenvalue weighted by atomic mass is 33.1. The minimum absolute atomic E-state index is 0.255. The Balaban J connectivity index is 1.53. The predicted octanol–water partition coefficient (Wildman–Crippen LogP) is 1.73. The Morgan fingerprint density at radius 2 is 2.26 bits per heavy atom. The molecule has 0 aliphatic rings. The first-order chi connectivity index (χ1) is 12.8. The molecule has 3 aromatic heterocycles. The van der Waals surface area contributed by atoms with E-state index in [-0.39, 0.29) is 5.56 Å². The normalized spacial score (nSPS) is 11.7. The Morgan fingerprint density at radius 3 is 3.04 bits per heavy atom. The van der Waals surface area contributed by atoms with E-state index in [0.29, 0.717) is 35.0 Å². The third-order valence-electron chi connectivity index (χ3n) is 3.66. The summed E-state index contributed by atoms with van der Waals surface area (Å²) in [6.07, 6.45) is 4.93. The molecule has 0 atom stereocenters. The van der Waals surface area contributed by atoms with Crippen LogP contribution in [0.3, 0.4) is 0 Å². The number of fused-ring (bicyclic) bond motifs is 1. The molecule has 3 heterocycles. The summed E-state index contributed by atoms with van der Waals surface area (Å²) in [7, 11) is -2.19. The van der Waals surface area contributed by atoms with E-state index in [2.05, 4.69) is 20.3 Å². The van der Waals surface area contributed by atoms with Crippen molar-refractivity contribution in [1.29, 1.82) is 0 Å². The van der Waals surface area contributed by atoms with Gasteiger partial charge in [0.2, 0.25) is 0 Å². The number of aryl methyl sites for hydroxylation is 1. The fourth-order valence-corrected chi connectivity index (χ4v) is 5.59. The van der Waals surface area contributed by atoms with Crippen molar-refractivity contribution in [3.05, 3.63) is 44.9 Å². The monoisotopic (exact) mass is 443 g/mol. The molecule has 144 valence electrons. The zero-order valence-electron chi connectivity index (χ0n) is 14.3. The molecule has 3 aromatic rings. The van der Waals surface area contributed by atoms with Gasteiger partial charge in [0.15, 0.2) is 20.0 Å². The molecular formula is C15H17N5O3S4. The third kappa shape index (κ3) is 5.15. The van der Waals surface area contributed by atoms with Gasteiger partial charge in [0, 0.05) is 35.5 Å². The number of thiocarbonyl (C=S) groups is 1. The number of thiophene rings is 1. The number of aromatic nitrogens is 4. The molecule has 0 unspecified atom stereocenters. The molecule has 0 aliphatic heterocycles. The maximum absolute atomic E-state index is 11.7. The minimum atomic E-state index is -3.09. The van der Waals surface area contributed by atoms with Crippen LogP contribution in [0, 0.1) is 0 Å². The second-order valence-electron chi connectivity index (χ2n) is 5.68. The molecular weight excluding hydrogens is 426 g/mol. The lowest BCUT2D eigenvalue weighted by atomic mass is 10.2. The van der Waals surface area contributed by atoms with E-state index >= 15 is 0 Å². The Labute approximate surface area is 168 Å². The average molecular weight is 444 g/mol. The number of nitrogens with one attached hydrogen (secondary N) is 2. The van der Waals surface area contributed by atoms with Crippen molar-refractivity contribution < 1.29 is 8.42 Å². The zero-order chi connectivity index (χ0) is 19.4. The first-order valence-electron chi connectivity index (χ1n) is 7.92. The third-order valence-corrected chi connectivity index (χ3v) is 7.60. The smallest absolute Gasteiger partial charge is 0.278 e. The van der Waals surface area contributed by atoms with E-state index in [1.165, 1.54) is 23.9 Å². The molecule has 8 nitrogen and oxygen atoms in total. The summed E-state index contributed by atoms with van der Waals surface area (Å²) in [6, 6.07) is 1.90. The van der Waals surface area contributed by atoms with Gasteiger partial charge < -0.3 is 14.9 Å². The van der Waals surface area contributed by atoms with E-state index < -0.39 is 8.87 Å². The summed E-state index contributed by atoms with van der Waals surface area (Å²) < 4.78 is 24.5. The number of imidazole rings is 1. The van der Waals surface area contributed by atoms with Crippen molar-refractivity contribution in [3.63, 3.8) is 0 Å². The van der Waals surface area contributed by atoms with Crippen LogP contribution in [0.1, 0.15) is 16.9 Å². The van der Waals surface area contributed by atoms with Crippen LogP contribution in [0.15, 0.2) is 28.9 Å². The lowest BCUT2D eigenvalue weighted by Gasteiger charge is -2.09. The molecule has 2 N–H and O–H groups in total. The molecule has 0 saturated carbocycles. The fourth-order valence-electron chi connectivity index (χ4n) is 2.42. The molecule has 0 spiro atoms. The van der Waals surface area contributed by atoms with Crippen molar-refractivity contribution in [3.8, 4) is 0 Å². The Bertz CT molecular complexity index is 1120. The van der Waals surface area contributed by atoms with Gasteiger partial charge in [0.05, 0.1) is 12.7 Å². The molecule has 0 radical (unpaired) electrons. The topological polar surface area (TPSA) is 110 Å². The van der Waals surface area contributed by atoms with Crippen LogP contribution < -0.4 is 10.9 Å². The summed E-state index contributed by atoms with van der Waals surface area (Å²) >= 11 is 6.93. The molecule has 0 aliphatic carbocycles. The van der Waals surface area contributed by atoms with Crippen LogP contribution in [0.4, 0.5) is 0 Å². The summed E-state index contributed by atoms with van der Waals surface area (Å²) in [4.78, 5) is 23.9. The van der Waals surface area contributed by atoms with Crippen LogP contribution in [0.5, 0.6) is 0 Å². The number of rotatable bonds is 8. The van der Waals surface area contributed by atoms with Gasteiger partial charge in [-0.15, -0.1) is 11.3 Å². The molecule has 12 heteroatoms. The SMILES string of the molecule is CS(=O)(=O)SCc1sccc1C(=S)NCCCn1cnc2c(=O)[nH]cnc21. The largest absolute Gasteiger partial charge is 0.376 e. The average Bonchev–Trinajstić information content (AvgIpc) is 3.24. The number of hydrogen-bond acceptors (Lipinski definition) is 8. The quantitative estimate of drug-likeness (QED) is 0.308. The van der Waals surface area contributed by atoms with Crippen LogP contribution in [0.25, 0.3) is 11.2 Å². The summed E-state index contributed by atoms with van der Waals surface area (Å²) in [5.74, 6) is 0.384. The number of H-pyrrole nitrogens is 1. The van der Waals surface area contributed by atoms with Crippen molar-refractivity contribution in [1.82, 2.24) is 24.8 Å². The molecule has 27 heavy (non-hydrogen) atoms. The van der Waals surface area contributed by atoms with E-state index in [1.807, 2.05) is 16.0 Å². The van der Waals surface area contributed by atoms with Crippen LogP contribution >= 0.6 is 34.3 Å². The van der Waals surface area contributed by atoms with E-state index in [1.54, 1.807) is 6.33 Å². The van der Waals surface area contributed by atoms with Crippen molar-refractivity contribution in [2.45, 2.75) is 18.7 Å². The second kappa shape index (κ2) is 8.50. The highest BCUT2D eigenvalue weighted by Gasteiger charge is 2.12. The van der Waals surface area contributed by atoms with Gasteiger partial charge in [-0.1, -0.05) is 12.2 Å². The lowest BCUT2D eigenvalue weighted by molar-refractivity contribution is 0.615. The first-order valence-corrected chi connectivity index (χ1v) is 12.6. The number of hydrogen-bond donors (Lipinski definition) is 2. The van der Waals surface area contributed by atoms with Crippen LogP contribution in [-0.4, -0.2) is 45.7 Å². The van der Waals surface area contributed by atoms with Gasteiger partial charge in [0.25, 0.3) is 5.56 Å². The molecule has 0 saturated heterocycles. The number of aromatic amines is 1. The van der Waals surface area contributed by atoms with Gasteiger partial charge in [0.1, 0.15) is 4.99 Å². The van der Waals surface area contributed by atoms with E-state index in [9.17, 15) is 13.2 Å². The van der Waals surface area contributed by atoms with Crippen molar-refractivity contribution >= 4 is 59.4 Å². The summed E-state index contributed by atoms with van der Waals surface area (Å²) in [5.41, 5.74) is 1.49. The van der Waals surface area contributed by atoms with Gasteiger partial charge >= 0.3 is 0 Å². The maximum Gasteiger partial charge on any atom is 0.278 e. The molecule has 0 amide bonds. The second-order valence-corrected chi connectivity index (χ2v) is 11.5. The number of nitrogens with zero attached hydrogens (tertiary/aromatic N) is 3. The standard InChI is InChI=1S/C15H17N5O3S4/c1-27(22,23)26-7-11-10(3-6-25-11)15(24)16-4-2-5-20-9-19-12-13(20)17-8-18-14(12)21/h3,6,8-9H,2,4-5,7H2,1H3,(H,16,24)(H,17,18,21). The van der Waals surface area contributed by atoms with Gasteiger partial charge in [-0.05, 0) is 28.7 Å². The Hall–Kier alpha value is -1.76. The Morgan fingerprint density at radius 1 is 1.44 bits per heavy atom. The molecule has 3 rings (SSSR count). The first kappa shape index (κ1) is 20.0. The highest BCUT2D eigenvalue weighted by molar-refractivity contribution is 8.71. The van der Waals surface area contributed by atoms with E-state index in [0.717, 1.165) is 27.7 Å².